The Morgan fingerprint density at radius 3 is 2.29 bits per heavy atom. The number of ether oxygens (including phenoxy) is 1. The van der Waals surface area contributed by atoms with E-state index in [9.17, 15) is 4.79 Å². The van der Waals surface area contributed by atoms with E-state index < -0.39 is 13.7 Å². The molecule has 0 saturated carbocycles. The zero-order valence-electron chi connectivity index (χ0n) is 13.4. The SMILES string of the molecule is Cc1c(OC(C)C)cc(-c2ccc([Si](C)(C)C)o2)oc1=O. The first-order valence-corrected chi connectivity index (χ1v) is 10.6. The smallest absolute Gasteiger partial charge is 0.343 e. The van der Waals surface area contributed by atoms with Crippen molar-refractivity contribution in [3.05, 3.63) is 34.2 Å². The highest BCUT2D eigenvalue weighted by molar-refractivity contribution is 6.87. The molecule has 2 rings (SSSR count). The molecule has 0 saturated heterocycles. The molecule has 0 aliphatic carbocycles. The Morgan fingerprint density at radius 2 is 1.76 bits per heavy atom. The molecule has 0 amide bonds. The Balaban J connectivity index is 2.47. The predicted molar refractivity (Wildman–Crippen MR) is 86.2 cm³/mol. The first-order chi connectivity index (χ1) is 9.68. The average molecular weight is 306 g/mol. The summed E-state index contributed by atoms with van der Waals surface area (Å²) in [5, 5.41) is 0.979. The van der Waals surface area contributed by atoms with Crippen LogP contribution in [0.25, 0.3) is 11.5 Å². The lowest BCUT2D eigenvalue weighted by atomic mass is 10.2. The van der Waals surface area contributed by atoms with Gasteiger partial charge in [-0.15, -0.1) is 0 Å². The largest absolute Gasteiger partial charge is 0.490 e. The molecule has 5 heteroatoms. The van der Waals surface area contributed by atoms with Gasteiger partial charge in [-0.05, 0) is 32.9 Å². The molecule has 114 valence electrons. The summed E-state index contributed by atoms with van der Waals surface area (Å²) in [5.41, 5.74) is 0.0820. The van der Waals surface area contributed by atoms with Gasteiger partial charge in [-0.1, -0.05) is 19.6 Å². The van der Waals surface area contributed by atoms with Crippen LogP contribution in [0.3, 0.4) is 0 Å². The Morgan fingerprint density at radius 1 is 1.10 bits per heavy atom. The lowest BCUT2D eigenvalue weighted by Crippen LogP contribution is -2.36. The van der Waals surface area contributed by atoms with E-state index >= 15 is 0 Å². The molecule has 4 nitrogen and oxygen atoms in total. The van der Waals surface area contributed by atoms with Crippen LogP contribution in [0.15, 0.2) is 31.8 Å². The quantitative estimate of drug-likeness (QED) is 0.811. The van der Waals surface area contributed by atoms with Crippen molar-refractivity contribution in [3.63, 3.8) is 0 Å². The molecule has 0 atom stereocenters. The van der Waals surface area contributed by atoms with Gasteiger partial charge in [0.2, 0.25) is 0 Å². The lowest BCUT2D eigenvalue weighted by Gasteiger charge is -2.12. The van der Waals surface area contributed by atoms with E-state index in [0.717, 1.165) is 5.38 Å². The topological polar surface area (TPSA) is 52.6 Å². The maximum atomic E-state index is 11.9. The van der Waals surface area contributed by atoms with Gasteiger partial charge < -0.3 is 13.6 Å². The van der Waals surface area contributed by atoms with Gasteiger partial charge in [0.25, 0.3) is 0 Å². The van der Waals surface area contributed by atoms with Crippen molar-refractivity contribution < 1.29 is 13.6 Å². The molecule has 21 heavy (non-hydrogen) atoms. The molecule has 0 N–H and O–H groups in total. The Labute approximate surface area is 125 Å². The minimum atomic E-state index is -1.53. The van der Waals surface area contributed by atoms with Crippen LogP contribution in [0.5, 0.6) is 5.75 Å². The van der Waals surface area contributed by atoms with Gasteiger partial charge in [0, 0.05) is 6.07 Å². The molecule has 0 spiro atoms. The van der Waals surface area contributed by atoms with Gasteiger partial charge in [-0.3, -0.25) is 0 Å². The van der Waals surface area contributed by atoms with E-state index in [1.807, 2.05) is 26.0 Å². The zero-order chi connectivity index (χ0) is 15.8. The molecule has 0 aliphatic heterocycles. The van der Waals surface area contributed by atoms with Crippen molar-refractivity contribution in [2.45, 2.75) is 46.5 Å². The van der Waals surface area contributed by atoms with Gasteiger partial charge in [0.05, 0.1) is 17.1 Å². The fraction of sp³-hybridized carbons (Fsp3) is 0.438. The van der Waals surface area contributed by atoms with Crippen molar-refractivity contribution in [3.8, 4) is 17.3 Å². The zero-order valence-corrected chi connectivity index (χ0v) is 14.4. The normalized spacial score (nSPS) is 12.0. The molecule has 2 aromatic heterocycles. The van der Waals surface area contributed by atoms with E-state index in [0.29, 0.717) is 22.8 Å². The number of furan rings is 1. The highest BCUT2D eigenvalue weighted by atomic mass is 28.3. The first-order valence-electron chi connectivity index (χ1n) is 7.10. The fourth-order valence-corrected chi connectivity index (χ4v) is 2.90. The maximum Gasteiger partial charge on any atom is 0.343 e. The van der Waals surface area contributed by atoms with E-state index in [-0.39, 0.29) is 6.10 Å². The number of rotatable bonds is 4. The van der Waals surface area contributed by atoms with Crippen molar-refractivity contribution in [2.75, 3.05) is 0 Å². The summed E-state index contributed by atoms with van der Waals surface area (Å²) in [4.78, 5) is 11.9. The third-order valence-corrected chi connectivity index (χ3v) is 4.84. The van der Waals surface area contributed by atoms with Crippen molar-refractivity contribution in [1.29, 1.82) is 0 Å². The molecular weight excluding hydrogens is 284 g/mol. The van der Waals surface area contributed by atoms with Gasteiger partial charge in [0.1, 0.15) is 13.8 Å². The van der Waals surface area contributed by atoms with Crippen molar-refractivity contribution >= 4 is 13.5 Å². The van der Waals surface area contributed by atoms with Crippen molar-refractivity contribution in [1.82, 2.24) is 0 Å². The summed E-state index contributed by atoms with van der Waals surface area (Å²) >= 11 is 0. The van der Waals surface area contributed by atoms with Crippen LogP contribution < -0.4 is 15.7 Å². The summed E-state index contributed by atoms with van der Waals surface area (Å²) in [6.07, 6.45) is -0.00695. The summed E-state index contributed by atoms with van der Waals surface area (Å²) in [7, 11) is -1.53. The first kappa shape index (κ1) is 15.6. The van der Waals surface area contributed by atoms with Crippen LogP contribution >= 0.6 is 0 Å². The van der Waals surface area contributed by atoms with Gasteiger partial charge in [-0.2, -0.15) is 0 Å². The van der Waals surface area contributed by atoms with E-state index in [1.54, 1.807) is 13.0 Å². The Hall–Kier alpha value is -1.75. The molecule has 0 aromatic carbocycles. The standard InChI is InChI=1S/C16H22O4Si/c1-10(2)18-13-9-14(20-16(17)11(13)3)12-7-8-15(19-12)21(4,5)6/h7-10H,1-6H3. The third-order valence-electron chi connectivity index (χ3n) is 3.09. The van der Waals surface area contributed by atoms with E-state index in [2.05, 4.69) is 19.6 Å². The van der Waals surface area contributed by atoms with Crippen LogP contribution in [0, 0.1) is 6.92 Å². The molecule has 0 unspecified atom stereocenters. The van der Waals surface area contributed by atoms with E-state index in [1.165, 1.54) is 0 Å². The lowest BCUT2D eigenvalue weighted by molar-refractivity contribution is 0.238. The summed E-state index contributed by atoms with van der Waals surface area (Å²) < 4.78 is 16.9. The fourth-order valence-electron chi connectivity index (χ4n) is 1.90. The number of hydrogen-bond acceptors (Lipinski definition) is 4. The molecule has 2 aromatic rings. The molecule has 0 fully saturated rings. The summed E-state index contributed by atoms with van der Waals surface area (Å²) in [5.74, 6) is 1.52. The van der Waals surface area contributed by atoms with Crippen LogP contribution in [0.1, 0.15) is 19.4 Å². The minimum Gasteiger partial charge on any atom is -0.490 e. The predicted octanol–water partition coefficient (Wildman–Crippen LogP) is 3.54. The average Bonchev–Trinajstić information content (AvgIpc) is 2.83. The molecule has 0 radical (unpaired) electrons. The molecule has 0 bridgehead atoms. The van der Waals surface area contributed by atoms with Crippen molar-refractivity contribution in [2.24, 2.45) is 0 Å². The monoisotopic (exact) mass is 306 g/mol. The second-order valence-electron chi connectivity index (χ2n) is 6.47. The second-order valence-corrected chi connectivity index (χ2v) is 11.5. The highest BCUT2D eigenvalue weighted by Gasteiger charge is 2.22. The molecule has 2 heterocycles. The van der Waals surface area contributed by atoms with Crippen LogP contribution in [-0.4, -0.2) is 14.2 Å². The third kappa shape index (κ3) is 3.47. The molecule has 0 aliphatic rings. The Bertz CT molecular complexity index is 689. The second kappa shape index (κ2) is 5.56. The van der Waals surface area contributed by atoms with Gasteiger partial charge >= 0.3 is 5.63 Å². The van der Waals surface area contributed by atoms with Crippen LogP contribution in [-0.2, 0) is 0 Å². The summed E-state index contributed by atoms with van der Waals surface area (Å²) in [6.45, 7) is 12.1. The van der Waals surface area contributed by atoms with E-state index in [4.69, 9.17) is 13.6 Å². The number of hydrogen-bond donors (Lipinski definition) is 0. The maximum absolute atomic E-state index is 11.9. The van der Waals surface area contributed by atoms with Gasteiger partial charge in [-0.25, -0.2) is 4.79 Å². The molecular formula is C16H22O4Si. The van der Waals surface area contributed by atoms with Crippen LogP contribution in [0.4, 0.5) is 0 Å². The minimum absolute atomic E-state index is 0.00695. The van der Waals surface area contributed by atoms with Gasteiger partial charge in [0.15, 0.2) is 11.5 Å². The highest BCUT2D eigenvalue weighted by Crippen LogP contribution is 2.25. The summed E-state index contributed by atoms with van der Waals surface area (Å²) in [6, 6.07) is 5.54. The van der Waals surface area contributed by atoms with Crippen LogP contribution in [0.2, 0.25) is 19.6 Å². The Kier molecular flexibility index (Phi) is 4.14.